The molecular formula is C19H19NO4. The van der Waals surface area contributed by atoms with Crippen LogP contribution in [0.15, 0.2) is 48.5 Å². The molecule has 2 aromatic rings. The zero-order valence-corrected chi connectivity index (χ0v) is 13.7. The maximum absolute atomic E-state index is 12.6. The molecule has 1 saturated heterocycles. The maximum atomic E-state index is 12.6. The fourth-order valence-electron chi connectivity index (χ4n) is 2.90. The average Bonchev–Trinajstić information content (AvgIpc) is 2.89. The summed E-state index contributed by atoms with van der Waals surface area (Å²) >= 11 is 0. The van der Waals surface area contributed by atoms with Gasteiger partial charge in [-0.15, -0.1) is 0 Å². The Labute approximate surface area is 140 Å². The second-order valence-corrected chi connectivity index (χ2v) is 5.72. The van der Waals surface area contributed by atoms with Crippen LogP contribution in [0.3, 0.4) is 0 Å². The standard InChI is InChI=1S/C19H19NO4/c1-23-16-7-3-13(4-8-16)11-14-12-18(21)20(19(14)22)15-5-9-17(24-2)10-6-15/h3-10,14H,11-12H2,1-2H3. The van der Waals surface area contributed by atoms with Crippen molar-refractivity contribution in [2.45, 2.75) is 12.8 Å². The van der Waals surface area contributed by atoms with E-state index in [0.717, 1.165) is 11.3 Å². The van der Waals surface area contributed by atoms with Crippen molar-refractivity contribution in [3.63, 3.8) is 0 Å². The largest absolute Gasteiger partial charge is 0.497 e. The van der Waals surface area contributed by atoms with Gasteiger partial charge in [0.25, 0.3) is 0 Å². The third kappa shape index (κ3) is 3.11. The highest BCUT2D eigenvalue weighted by molar-refractivity contribution is 6.21. The molecule has 0 aromatic heterocycles. The van der Waals surface area contributed by atoms with Crippen LogP contribution in [0.4, 0.5) is 5.69 Å². The van der Waals surface area contributed by atoms with Crippen LogP contribution in [0.2, 0.25) is 0 Å². The Morgan fingerprint density at radius 3 is 2.00 bits per heavy atom. The monoisotopic (exact) mass is 325 g/mol. The van der Waals surface area contributed by atoms with Gasteiger partial charge >= 0.3 is 0 Å². The van der Waals surface area contributed by atoms with E-state index in [0.29, 0.717) is 17.9 Å². The molecule has 5 heteroatoms. The minimum atomic E-state index is -0.326. The summed E-state index contributed by atoms with van der Waals surface area (Å²) in [6, 6.07) is 14.5. The second-order valence-electron chi connectivity index (χ2n) is 5.72. The van der Waals surface area contributed by atoms with Gasteiger partial charge in [-0.25, -0.2) is 0 Å². The highest BCUT2D eigenvalue weighted by atomic mass is 16.5. The van der Waals surface area contributed by atoms with Gasteiger partial charge in [-0.2, -0.15) is 0 Å². The molecule has 1 unspecified atom stereocenters. The molecule has 0 aliphatic carbocycles. The fraction of sp³-hybridized carbons (Fsp3) is 0.263. The van der Waals surface area contributed by atoms with E-state index in [1.54, 1.807) is 38.5 Å². The lowest BCUT2D eigenvalue weighted by molar-refractivity contribution is -0.122. The van der Waals surface area contributed by atoms with Crippen molar-refractivity contribution in [2.75, 3.05) is 19.1 Å². The Bertz CT molecular complexity index is 737. The molecule has 3 rings (SSSR count). The van der Waals surface area contributed by atoms with Crippen molar-refractivity contribution >= 4 is 17.5 Å². The van der Waals surface area contributed by atoms with Crippen LogP contribution in [0.25, 0.3) is 0 Å². The second kappa shape index (κ2) is 6.74. The van der Waals surface area contributed by atoms with Crippen LogP contribution in [0, 0.1) is 5.92 Å². The average molecular weight is 325 g/mol. The molecule has 5 nitrogen and oxygen atoms in total. The van der Waals surface area contributed by atoms with Gasteiger partial charge in [0.15, 0.2) is 0 Å². The molecule has 2 aromatic carbocycles. The number of anilines is 1. The van der Waals surface area contributed by atoms with Crippen molar-refractivity contribution in [3.8, 4) is 11.5 Å². The van der Waals surface area contributed by atoms with Crippen LogP contribution in [-0.2, 0) is 16.0 Å². The van der Waals surface area contributed by atoms with E-state index in [1.807, 2.05) is 24.3 Å². The molecule has 1 aliphatic rings. The summed E-state index contributed by atoms with van der Waals surface area (Å²) in [4.78, 5) is 26.2. The molecule has 2 amide bonds. The smallest absolute Gasteiger partial charge is 0.237 e. The van der Waals surface area contributed by atoms with Crippen molar-refractivity contribution in [2.24, 2.45) is 5.92 Å². The van der Waals surface area contributed by atoms with E-state index in [-0.39, 0.29) is 24.2 Å². The first-order valence-corrected chi connectivity index (χ1v) is 7.76. The zero-order valence-electron chi connectivity index (χ0n) is 13.7. The van der Waals surface area contributed by atoms with E-state index < -0.39 is 0 Å². The van der Waals surface area contributed by atoms with Gasteiger partial charge in [-0.1, -0.05) is 12.1 Å². The predicted octanol–water partition coefficient (Wildman–Crippen LogP) is 2.83. The third-order valence-corrected chi connectivity index (χ3v) is 4.21. The molecule has 0 radical (unpaired) electrons. The highest BCUT2D eigenvalue weighted by Gasteiger charge is 2.39. The van der Waals surface area contributed by atoms with Gasteiger partial charge < -0.3 is 9.47 Å². The number of hydrogen-bond acceptors (Lipinski definition) is 4. The third-order valence-electron chi connectivity index (χ3n) is 4.21. The van der Waals surface area contributed by atoms with Gasteiger partial charge in [0, 0.05) is 6.42 Å². The molecule has 1 heterocycles. The number of carbonyl (C=O) groups excluding carboxylic acids is 2. The highest BCUT2D eigenvalue weighted by Crippen LogP contribution is 2.30. The maximum Gasteiger partial charge on any atom is 0.237 e. The number of hydrogen-bond donors (Lipinski definition) is 0. The van der Waals surface area contributed by atoms with Gasteiger partial charge in [0.05, 0.1) is 25.8 Å². The molecule has 0 saturated carbocycles. The molecule has 1 fully saturated rings. The topological polar surface area (TPSA) is 55.8 Å². The van der Waals surface area contributed by atoms with E-state index in [9.17, 15) is 9.59 Å². The molecule has 0 spiro atoms. The fourth-order valence-corrected chi connectivity index (χ4v) is 2.90. The summed E-state index contributed by atoms with van der Waals surface area (Å²) in [6.45, 7) is 0. The molecule has 124 valence electrons. The summed E-state index contributed by atoms with van der Waals surface area (Å²) in [5.74, 6) is 0.817. The number of methoxy groups -OCH3 is 2. The quantitative estimate of drug-likeness (QED) is 0.793. The normalized spacial score (nSPS) is 17.2. The number of rotatable bonds is 5. The first-order chi connectivity index (χ1) is 11.6. The lowest BCUT2D eigenvalue weighted by atomic mass is 9.98. The Morgan fingerprint density at radius 1 is 0.917 bits per heavy atom. The predicted molar refractivity (Wildman–Crippen MR) is 90.3 cm³/mol. The Balaban J connectivity index is 1.75. The first-order valence-electron chi connectivity index (χ1n) is 7.76. The van der Waals surface area contributed by atoms with Crippen molar-refractivity contribution in [1.29, 1.82) is 0 Å². The van der Waals surface area contributed by atoms with Crippen molar-refractivity contribution < 1.29 is 19.1 Å². The summed E-state index contributed by atoms with van der Waals surface area (Å²) < 4.78 is 10.2. The van der Waals surface area contributed by atoms with Crippen LogP contribution in [-0.4, -0.2) is 26.0 Å². The number of nitrogens with zero attached hydrogens (tertiary/aromatic N) is 1. The van der Waals surface area contributed by atoms with Gasteiger partial charge in [-0.3, -0.25) is 14.5 Å². The molecule has 1 aliphatic heterocycles. The van der Waals surface area contributed by atoms with E-state index in [4.69, 9.17) is 9.47 Å². The van der Waals surface area contributed by atoms with Crippen LogP contribution < -0.4 is 14.4 Å². The molecule has 1 atom stereocenters. The minimum absolute atomic E-state index is 0.152. The van der Waals surface area contributed by atoms with E-state index >= 15 is 0 Å². The van der Waals surface area contributed by atoms with E-state index in [2.05, 4.69) is 0 Å². The summed E-state index contributed by atoms with van der Waals surface area (Å²) in [5.41, 5.74) is 1.60. The van der Waals surface area contributed by atoms with Gasteiger partial charge in [-0.05, 0) is 48.4 Å². The molecular weight excluding hydrogens is 306 g/mol. The lowest BCUT2D eigenvalue weighted by Gasteiger charge is -2.15. The lowest BCUT2D eigenvalue weighted by Crippen LogP contribution is -2.30. The van der Waals surface area contributed by atoms with E-state index in [1.165, 1.54) is 4.90 Å². The molecule has 0 N–H and O–H groups in total. The number of imide groups is 1. The van der Waals surface area contributed by atoms with Crippen LogP contribution >= 0.6 is 0 Å². The summed E-state index contributed by atoms with van der Waals surface area (Å²) in [6.07, 6.45) is 0.776. The molecule has 0 bridgehead atoms. The zero-order chi connectivity index (χ0) is 17.1. The Hall–Kier alpha value is -2.82. The Kier molecular flexibility index (Phi) is 4.51. The SMILES string of the molecule is COc1ccc(CC2CC(=O)N(c3ccc(OC)cc3)C2=O)cc1. The van der Waals surface area contributed by atoms with Crippen LogP contribution in [0.5, 0.6) is 11.5 Å². The molecule has 24 heavy (non-hydrogen) atoms. The Morgan fingerprint density at radius 2 is 1.46 bits per heavy atom. The number of benzene rings is 2. The summed E-state index contributed by atoms with van der Waals surface area (Å²) in [5, 5.41) is 0. The number of carbonyl (C=O) groups is 2. The minimum Gasteiger partial charge on any atom is -0.497 e. The first kappa shape index (κ1) is 16.1. The number of ether oxygens (including phenoxy) is 2. The van der Waals surface area contributed by atoms with Gasteiger partial charge in [0.1, 0.15) is 11.5 Å². The number of amides is 2. The van der Waals surface area contributed by atoms with Gasteiger partial charge in [0.2, 0.25) is 11.8 Å². The van der Waals surface area contributed by atoms with Crippen molar-refractivity contribution in [3.05, 3.63) is 54.1 Å². The van der Waals surface area contributed by atoms with Crippen LogP contribution in [0.1, 0.15) is 12.0 Å². The van der Waals surface area contributed by atoms with Crippen molar-refractivity contribution in [1.82, 2.24) is 0 Å². The summed E-state index contributed by atoms with van der Waals surface area (Å²) in [7, 11) is 3.19.